The minimum Gasteiger partial charge on any atom is -0.493 e. The molecule has 1 N–H and O–H groups in total. The van der Waals surface area contributed by atoms with Crippen molar-refractivity contribution in [2.75, 3.05) is 13.7 Å². The van der Waals surface area contributed by atoms with Crippen molar-refractivity contribution in [3.63, 3.8) is 0 Å². The maximum Gasteiger partial charge on any atom is 0.258 e. The molecule has 21 heavy (non-hydrogen) atoms. The number of halogens is 2. The lowest BCUT2D eigenvalue weighted by molar-refractivity contribution is -0.125. The highest BCUT2D eigenvalue weighted by atomic mass is 19.3. The Morgan fingerprint density at radius 3 is 2.52 bits per heavy atom. The number of rotatable bonds is 5. The number of alkyl halides is 2. The van der Waals surface area contributed by atoms with Crippen molar-refractivity contribution >= 4 is 5.91 Å². The fourth-order valence-electron chi connectivity index (χ4n) is 2.34. The maximum absolute atomic E-state index is 13.0. The highest BCUT2D eigenvalue weighted by Crippen LogP contribution is 2.33. The van der Waals surface area contributed by atoms with E-state index < -0.39 is 5.92 Å². The fourth-order valence-corrected chi connectivity index (χ4v) is 2.34. The highest BCUT2D eigenvalue weighted by molar-refractivity contribution is 5.77. The summed E-state index contributed by atoms with van der Waals surface area (Å²) < 4.78 is 36.5. The van der Waals surface area contributed by atoms with Crippen molar-refractivity contribution in [1.82, 2.24) is 5.32 Å². The third kappa shape index (κ3) is 4.58. The van der Waals surface area contributed by atoms with Crippen LogP contribution >= 0.6 is 0 Å². The molecule has 2 rings (SSSR count). The second kappa shape index (κ2) is 6.74. The number of nitrogens with one attached hydrogen (secondary N) is 1. The van der Waals surface area contributed by atoms with Crippen LogP contribution in [0.2, 0.25) is 0 Å². The predicted molar refractivity (Wildman–Crippen MR) is 73.8 cm³/mol. The summed E-state index contributed by atoms with van der Waals surface area (Å²) in [6.45, 7) is -0.159. The van der Waals surface area contributed by atoms with Crippen LogP contribution in [0.3, 0.4) is 0 Å². The third-order valence-electron chi connectivity index (χ3n) is 3.51. The van der Waals surface area contributed by atoms with Gasteiger partial charge in [0.1, 0.15) is 0 Å². The maximum atomic E-state index is 13.0. The first-order chi connectivity index (χ1) is 10.00. The number of para-hydroxylation sites is 2. The molecule has 4 nitrogen and oxygen atoms in total. The molecule has 0 bridgehead atoms. The van der Waals surface area contributed by atoms with Gasteiger partial charge in [0.25, 0.3) is 5.91 Å². The van der Waals surface area contributed by atoms with Gasteiger partial charge in [0, 0.05) is 18.9 Å². The van der Waals surface area contributed by atoms with Crippen LogP contribution in [0.5, 0.6) is 11.5 Å². The molecule has 0 aliphatic heterocycles. The van der Waals surface area contributed by atoms with E-state index in [2.05, 4.69) is 5.32 Å². The quantitative estimate of drug-likeness (QED) is 0.909. The summed E-state index contributed by atoms with van der Waals surface area (Å²) in [6, 6.07) is 6.81. The molecule has 0 heterocycles. The summed E-state index contributed by atoms with van der Waals surface area (Å²) in [6.07, 6.45) is 0.247. The number of ether oxygens (including phenoxy) is 2. The van der Waals surface area contributed by atoms with Gasteiger partial charge in [-0.3, -0.25) is 4.79 Å². The van der Waals surface area contributed by atoms with E-state index in [1.807, 2.05) is 0 Å². The van der Waals surface area contributed by atoms with Gasteiger partial charge < -0.3 is 14.8 Å². The van der Waals surface area contributed by atoms with Crippen LogP contribution in [0, 0.1) is 0 Å². The third-order valence-corrected chi connectivity index (χ3v) is 3.51. The van der Waals surface area contributed by atoms with Crippen LogP contribution in [0.25, 0.3) is 0 Å². The van der Waals surface area contributed by atoms with Gasteiger partial charge in [-0.2, -0.15) is 0 Å². The summed E-state index contributed by atoms with van der Waals surface area (Å²) >= 11 is 0. The van der Waals surface area contributed by atoms with E-state index >= 15 is 0 Å². The van der Waals surface area contributed by atoms with Gasteiger partial charge in [-0.25, -0.2) is 8.78 Å². The number of carbonyl (C=O) groups is 1. The standard InChI is InChI=1S/C15H19F2NO3/c1-20-12-4-2-3-5-13(12)21-10-14(19)18-11-6-8-15(16,17)9-7-11/h2-5,11H,6-10H2,1H3,(H,18,19). The first-order valence-electron chi connectivity index (χ1n) is 6.93. The SMILES string of the molecule is COc1ccccc1OCC(=O)NC1CCC(F)(F)CC1. The monoisotopic (exact) mass is 299 g/mol. The number of benzene rings is 1. The molecule has 1 amide bonds. The first-order valence-corrected chi connectivity index (χ1v) is 6.93. The Balaban J connectivity index is 1.78. The number of hydrogen-bond donors (Lipinski definition) is 1. The normalized spacial score (nSPS) is 18.0. The molecule has 0 radical (unpaired) electrons. The second-order valence-corrected chi connectivity index (χ2v) is 5.14. The minimum absolute atomic E-state index is 0.159. The van der Waals surface area contributed by atoms with Crippen molar-refractivity contribution in [2.45, 2.75) is 37.6 Å². The largest absolute Gasteiger partial charge is 0.493 e. The molecular weight excluding hydrogens is 280 g/mol. The second-order valence-electron chi connectivity index (χ2n) is 5.14. The van der Waals surface area contributed by atoms with Crippen molar-refractivity contribution in [2.24, 2.45) is 0 Å². The summed E-state index contributed by atoms with van der Waals surface area (Å²) in [4.78, 5) is 11.8. The fraction of sp³-hybridized carbons (Fsp3) is 0.533. The van der Waals surface area contributed by atoms with Gasteiger partial charge in [0.2, 0.25) is 5.92 Å². The first kappa shape index (κ1) is 15.5. The molecule has 0 spiro atoms. The zero-order valence-corrected chi connectivity index (χ0v) is 11.9. The predicted octanol–water partition coefficient (Wildman–Crippen LogP) is 2.77. The number of carbonyl (C=O) groups excluding carboxylic acids is 1. The molecule has 0 unspecified atom stereocenters. The summed E-state index contributed by atoms with van der Waals surface area (Å²) in [7, 11) is 1.52. The average Bonchev–Trinajstić information content (AvgIpc) is 2.47. The number of methoxy groups -OCH3 is 1. The lowest BCUT2D eigenvalue weighted by atomic mass is 9.92. The molecule has 0 aromatic heterocycles. The molecule has 1 aliphatic carbocycles. The van der Waals surface area contributed by atoms with E-state index in [1.54, 1.807) is 24.3 Å². The Labute approximate surface area is 122 Å². The van der Waals surface area contributed by atoms with E-state index in [0.29, 0.717) is 24.3 Å². The number of hydrogen-bond acceptors (Lipinski definition) is 3. The smallest absolute Gasteiger partial charge is 0.258 e. The molecule has 0 saturated heterocycles. The van der Waals surface area contributed by atoms with E-state index in [9.17, 15) is 13.6 Å². The molecular formula is C15H19F2NO3. The van der Waals surface area contributed by atoms with Crippen LogP contribution in [-0.4, -0.2) is 31.6 Å². The number of amides is 1. The van der Waals surface area contributed by atoms with Crippen molar-refractivity contribution in [1.29, 1.82) is 0 Å². The molecule has 0 atom stereocenters. The summed E-state index contributed by atoms with van der Waals surface area (Å²) in [5.41, 5.74) is 0. The van der Waals surface area contributed by atoms with Crippen LogP contribution in [-0.2, 0) is 4.79 Å². The zero-order valence-electron chi connectivity index (χ0n) is 11.9. The average molecular weight is 299 g/mol. The van der Waals surface area contributed by atoms with Gasteiger partial charge >= 0.3 is 0 Å². The molecule has 116 valence electrons. The molecule has 1 aromatic rings. The Morgan fingerprint density at radius 1 is 1.29 bits per heavy atom. The van der Waals surface area contributed by atoms with Crippen LogP contribution in [0.15, 0.2) is 24.3 Å². The van der Waals surface area contributed by atoms with Crippen molar-refractivity contribution in [3.8, 4) is 11.5 Å². The van der Waals surface area contributed by atoms with Gasteiger partial charge in [-0.05, 0) is 25.0 Å². The summed E-state index contributed by atoms with van der Waals surface area (Å²) in [5, 5.41) is 2.73. The van der Waals surface area contributed by atoms with E-state index in [-0.39, 0.29) is 31.4 Å². The molecule has 1 aromatic carbocycles. The minimum atomic E-state index is -2.59. The van der Waals surface area contributed by atoms with Crippen LogP contribution in [0.1, 0.15) is 25.7 Å². The van der Waals surface area contributed by atoms with Gasteiger partial charge in [-0.15, -0.1) is 0 Å². The van der Waals surface area contributed by atoms with Crippen molar-refractivity contribution in [3.05, 3.63) is 24.3 Å². The van der Waals surface area contributed by atoms with Crippen LogP contribution in [0.4, 0.5) is 8.78 Å². The molecule has 1 fully saturated rings. The van der Waals surface area contributed by atoms with E-state index in [1.165, 1.54) is 7.11 Å². The van der Waals surface area contributed by atoms with Crippen molar-refractivity contribution < 1.29 is 23.0 Å². The van der Waals surface area contributed by atoms with Gasteiger partial charge in [0.05, 0.1) is 7.11 Å². The Hall–Kier alpha value is -1.85. The highest BCUT2D eigenvalue weighted by Gasteiger charge is 2.35. The molecule has 6 heteroatoms. The van der Waals surface area contributed by atoms with E-state index in [0.717, 1.165) is 0 Å². The Kier molecular flexibility index (Phi) is 4.98. The lowest BCUT2D eigenvalue weighted by Crippen LogP contribution is -2.42. The summed E-state index contributed by atoms with van der Waals surface area (Å²) in [5.74, 6) is -1.88. The Bertz CT molecular complexity index is 484. The topological polar surface area (TPSA) is 47.6 Å². The van der Waals surface area contributed by atoms with E-state index in [4.69, 9.17) is 9.47 Å². The molecule has 1 aliphatic rings. The van der Waals surface area contributed by atoms with Gasteiger partial charge in [-0.1, -0.05) is 12.1 Å². The van der Waals surface area contributed by atoms with Crippen LogP contribution < -0.4 is 14.8 Å². The Morgan fingerprint density at radius 2 is 1.90 bits per heavy atom. The zero-order chi connectivity index (χ0) is 15.3. The lowest BCUT2D eigenvalue weighted by Gasteiger charge is -2.28. The van der Waals surface area contributed by atoms with Gasteiger partial charge in [0.15, 0.2) is 18.1 Å². The molecule has 1 saturated carbocycles.